The van der Waals surface area contributed by atoms with Gasteiger partial charge in [0.25, 0.3) is 0 Å². The molecule has 0 spiro atoms. The lowest BCUT2D eigenvalue weighted by Crippen LogP contribution is -2.30. The number of carbonyl (C=O) groups excluding carboxylic acids is 2. The van der Waals surface area contributed by atoms with Gasteiger partial charge in [0.15, 0.2) is 6.10 Å². The Hall–Kier alpha value is -1.36. The Balaban J connectivity index is 4.05. The fourth-order valence-electron chi connectivity index (χ4n) is 6.43. The van der Waals surface area contributed by atoms with Crippen LogP contribution in [0.4, 0.5) is 0 Å². The standard InChI is InChI=1S/C45H86O5/c1-4-7-10-13-16-18-20-21-22-23-24-25-27-28-30-32-35-38-44(46)49-42-43(41-48-40-37-34-15-12-9-6-3)50-45(47)39-36-33-31-29-26-19-17-14-11-8-5-2/h14,17,43H,4-13,15-16,18-42H2,1-3H3/b17-14-. The topological polar surface area (TPSA) is 61.8 Å². The molecule has 0 amide bonds. The van der Waals surface area contributed by atoms with Crippen molar-refractivity contribution in [1.29, 1.82) is 0 Å². The van der Waals surface area contributed by atoms with Crippen molar-refractivity contribution in [3.05, 3.63) is 12.2 Å². The Bertz CT molecular complexity index is 720. The molecule has 296 valence electrons. The first-order chi connectivity index (χ1) is 24.6. The van der Waals surface area contributed by atoms with Crippen molar-refractivity contribution in [2.45, 2.75) is 245 Å². The second-order valence-corrected chi connectivity index (χ2v) is 15.0. The highest BCUT2D eigenvalue weighted by Crippen LogP contribution is 2.15. The third-order valence-corrected chi connectivity index (χ3v) is 9.80. The van der Waals surface area contributed by atoms with Crippen molar-refractivity contribution in [3.63, 3.8) is 0 Å². The molecule has 0 saturated carbocycles. The molecule has 5 nitrogen and oxygen atoms in total. The first-order valence-electron chi connectivity index (χ1n) is 22.2. The van der Waals surface area contributed by atoms with Crippen LogP contribution >= 0.6 is 0 Å². The van der Waals surface area contributed by atoms with Gasteiger partial charge in [0.05, 0.1) is 6.61 Å². The maximum absolute atomic E-state index is 12.6. The molecule has 0 aliphatic rings. The zero-order chi connectivity index (χ0) is 36.4. The molecule has 1 atom stereocenters. The van der Waals surface area contributed by atoms with Gasteiger partial charge in [0, 0.05) is 19.4 Å². The number of hydrogen-bond donors (Lipinski definition) is 0. The van der Waals surface area contributed by atoms with Crippen LogP contribution in [-0.2, 0) is 23.8 Å². The summed E-state index contributed by atoms with van der Waals surface area (Å²) in [5.41, 5.74) is 0. The van der Waals surface area contributed by atoms with Gasteiger partial charge in [-0.3, -0.25) is 9.59 Å². The summed E-state index contributed by atoms with van der Waals surface area (Å²) in [6.45, 7) is 7.78. The summed E-state index contributed by atoms with van der Waals surface area (Å²) in [5, 5.41) is 0. The van der Waals surface area contributed by atoms with E-state index in [-0.39, 0.29) is 18.5 Å². The van der Waals surface area contributed by atoms with Crippen LogP contribution in [0.5, 0.6) is 0 Å². The van der Waals surface area contributed by atoms with E-state index >= 15 is 0 Å². The largest absolute Gasteiger partial charge is 0.462 e. The third-order valence-electron chi connectivity index (χ3n) is 9.80. The van der Waals surface area contributed by atoms with E-state index < -0.39 is 6.10 Å². The highest BCUT2D eigenvalue weighted by molar-refractivity contribution is 5.70. The van der Waals surface area contributed by atoms with E-state index in [1.807, 2.05) is 0 Å². The van der Waals surface area contributed by atoms with Gasteiger partial charge < -0.3 is 14.2 Å². The zero-order valence-corrected chi connectivity index (χ0v) is 33.9. The number of ether oxygens (including phenoxy) is 3. The van der Waals surface area contributed by atoms with Gasteiger partial charge in [0.1, 0.15) is 6.61 Å². The predicted octanol–water partition coefficient (Wildman–Crippen LogP) is 14.3. The molecular formula is C45H86O5. The van der Waals surface area contributed by atoms with E-state index in [4.69, 9.17) is 14.2 Å². The van der Waals surface area contributed by atoms with E-state index in [1.165, 1.54) is 154 Å². The van der Waals surface area contributed by atoms with Crippen LogP contribution < -0.4 is 0 Å². The van der Waals surface area contributed by atoms with Gasteiger partial charge in [-0.25, -0.2) is 0 Å². The van der Waals surface area contributed by atoms with Gasteiger partial charge in [-0.1, -0.05) is 200 Å². The average Bonchev–Trinajstić information content (AvgIpc) is 3.11. The molecule has 0 aliphatic heterocycles. The lowest BCUT2D eigenvalue weighted by Gasteiger charge is -2.18. The Morgan fingerprint density at radius 2 is 0.800 bits per heavy atom. The molecule has 5 heteroatoms. The second kappa shape index (κ2) is 42.1. The van der Waals surface area contributed by atoms with Crippen LogP contribution in [0.3, 0.4) is 0 Å². The van der Waals surface area contributed by atoms with Crippen LogP contribution in [0, 0.1) is 0 Å². The van der Waals surface area contributed by atoms with Gasteiger partial charge in [-0.05, 0) is 38.5 Å². The van der Waals surface area contributed by atoms with Crippen LogP contribution in [0.25, 0.3) is 0 Å². The summed E-state index contributed by atoms with van der Waals surface area (Å²) in [5.74, 6) is -0.399. The molecule has 1 unspecified atom stereocenters. The highest BCUT2D eigenvalue weighted by Gasteiger charge is 2.17. The fourth-order valence-corrected chi connectivity index (χ4v) is 6.43. The fraction of sp³-hybridized carbons (Fsp3) is 0.911. The number of allylic oxidation sites excluding steroid dienone is 2. The summed E-state index contributed by atoms with van der Waals surface area (Å²) < 4.78 is 17.2. The number of unbranched alkanes of at least 4 members (excludes halogenated alkanes) is 28. The minimum atomic E-state index is -0.526. The monoisotopic (exact) mass is 707 g/mol. The molecule has 0 heterocycles. The number of rotatable bonds is 41. The summed E-state index contributed by atoms with van der Waals surface area (Å²) in [7, 11) is 0. The summed E-state index contributed by atoms with van der Waals surface area (Å²) in [4.78, 5) is 25.1. The van der Waals surface area contributed by atoms with Gasteiger partial charge >= 0.3 is 11.9 Å². The third kappa shape index (κ3) is 39.4. The van der Waals surface area contributed by atoms with E-state index in [0.717, 1.165) is 51.4 Å². The summed E-state index contributed by atoms with van der Waals surface area (Å²) >= 11 is 0. The van der Waals surface area contributed by atoms with Gasteiger partial charge in [-0.2, -0.15) is 0 Å². The first kappa shape index (κ1) is 48.6. The van der Waals surface area contributed by atoms with Crippen molar-refractivity contribution < 1.29 is 23.8 Å². The number of carbonyl (C=O) groups is 2. The minimum Gasteiger partial charge on any atom is -0.462 e. The molecule has 0 fully saturated rings. The molecule has 0 aliphatic carbocycles. The molecular weight excluding hydrogens is 620 g/mol. The molecule has 0 radical (unpaired) electrons. The van der Waals surface area contributed by atoms with Gasteiger partial charge in [-0.15, -0.1) is 0 Å². The minimum absolute atomic E-state index is 0.0891. The Morgan fingerprint density at radius 3 is 1.28 bits per heavy atom. The summed E-state index contributed by atoms with van der Waals surface area (Å²) in [6.07, 6.45) is 45.0. The Labute approximate surface area is 312 Å². The molecule has 50 heavy (non-hydrogen) atoms. The quantitative estimate of drug-likeness (QED) is 0.0360. The maximum atomic E-state index is 12.6. The van der Waals surface area contributed by atoms with Crippen molar-refractivity contribution >= 4 is 11.9 Å². The van der Waals surface area contributed by atoms with E-state index in [0.29, 0.717) is 26.1 Å². The van der Waals surface area contributed by atoms with E-state index in [1.54, 1.807) is 0 Å². The highest BCUT2D eigenvalue weighted by atomic mass is 16.6. The Kier molecular flexibility index (Phi) is 40.9. The molecule has 0 rings (SSSR count). The lowest BCUT2D eigenvalue weighted by molar-refractivity contribution is -0.163. The van der Waals surface area contributed by atoms with E-state index in [2.05, 4.69) is 32.9 Å². The van der Waals surface area contributed by atoms with Crippen molar-refractivity contribution in [2.75, 3.05) is 19.8 Å². The first-order valence-corrected chi connectivity index (χ1v) is 22.2. The molecule has 0 saturated heterocycles. The van der Waals surface area contributed by atoms with Crippen LogP contribution in [-0.4, -0.2) is 37.9 Å². The van der Waals surface area contributed by atoms with Gasteiger partial charge in [0.2, 0.25) is 0 Å². The van der Waals surface area contributed by atoms with Crippen LogP contribution in [0.15, 0.2) is 12.2 Å². The smallest absolute Gasteiger partial charge is 0.306 e. The number of esters is 2. The second-order valence-electron chi connectivity index (χ2n) is 15.0. The summed E-state index contributed by atoms with van der Waals surface area (Å²) in [6, 6.07) is 0. The van der Waals surface area contributed by atoms with Crippen LogP contribution in [0.2, 0.25) is 0 Å². The number of hydrogen-bond acceptors (Lipinski definition) is 5. The maximum Gasteiger partial charge on any atom is 0.306 e. The Morgan fingerprint density at radius 1 is 0.420 bits per heavy atom. The predicted molar refractivity (Wildman–Crippen MR) is 215 cm³/mol. The normalized spacial score (nSPS) is 12.1. The molecule has 0 aromatic carbocycles. The van der Waals surface area contributed by atoms with Crippen molar-refractivity contribution in [1.82, 2.24) is 0 Å². The molecule has 0 aromatic rings. The van der Waals surface area contributed by atoms with E-state index in [9.17, 15) is 9.59 Å². The van der Waals surface area contributed by atoms with Crippen molar-refractivity contribution in [3.8, 4) is 0 Å². The lowest BCUT2D eigenvalue weighted by atomic mass is 10.0. The molecule has 0 bridgehead atoms. The zero-order valence-electron chi connectivity index (χ0n) is 33.9. The molecule has 0 aromatic heterocycles. The SMILES string of the molecule is CCCC/C=C\CCCCCCCC(=O)OC(COCCCCCCCC)COC(=O)CCCCCCCCCCCCCCCCCCC. The molecule has 0 N–H and O–H groups in total. The van der Waals surface area contributed by atoms with Crippen molar-refractivity contribution in [2.24, 2.45) is 0 Å². The average molecular weight is 707 g/mol. The van der Waals surface area contributed by atoms with Crippen LogP contribution in [0.1, 0.15) is 239 Å².